The number of rotatable bonds is 3. The number of ether oxygens (including phenoxy) is 1. The number of halogens is 2. The van der Waals surface area contributed by atoms with Crippen molar-refractivity contribution in [3.05, 3.63) is 53.8 Å². The number of fused-ring (bicyclic) bond motifs is 2. The van der Waals surface area contributed by atoms with Gasteiger partial charge < -0.3 is 19.0 Å². The quantitative estimate of drug-likeness (QED) is 0.486. The monoisotopic (exact) mass is 429 g/mol. The molecule has 0 aliphatic carbocycles. The molecular weight excluding hydrogens is 412 g/mol. The van der Waals surface area contributed by atoms with Crippen LogP contribution in [0.2, 0.25) is 0 Å². The molecule has 0 N–H and O–H groups in total. The number of furan rings is 1. The molecule has 2 aromatic carbocycles. The number of amides is 1. The van der Waals surface area contributed by atoms with Crippen molar-refractivity contribution in [3.63, 3.8) is 0 Å². The summed E-state index contributed by atoms with van der Waals surface area (Å²) >= 11 is 1.24. The molecule has 0 spiro atoms. The van der Waals surface area contributed by atoms with Crippen molar-refractivity contribution in [2.45, 2.75) is 0 Å². The van der Waals surface area contributed by atoms with Gasteiger partial charge in [0.15, 0.2) is 28.0 Å². The van der Waals surface area contributed by atoms with Crippen molar-refractivity contribution in [2.75, 3.05) is 38.2 Å². The van der Waals surface area contributed by atoms with Gasteiger partial charge in [-0.25, -0.2) is 13.8 Å². The van der Waals surface area contributed by atoms with Gasteiger partial charge in [-0.05, 0) is 18.2 Å². The summed E-state index contributed by atoms with van der Waals surface area (Å²) in [6.07, 6.45) is 0. The van der Waals surface area contributed by atoms with E-state index in [-0.39, 0.29) is 17.2 Å². The van der Waals surface area contributed by atoms with E-state index < -0.39 is 11.6 Å². The van der Waals surface area contributed by atoms with Crippen LogP contribution < -0.4 is 9.64 Å². The van der Waals surface area contributed by atoms with E-state index in [1.54, 1.807) is 24.1 Å². The molecular formula is C21H17F2N3O3S. The van der Waals surface area contributed by atoms with E-state index in [0.717, 1.165) is 11.5 Å². The van der Waals surface area contributed by atoms with Gasteiger partial charge in [-0.15, -0.1) is 0 Å². The SMILES string of the molecule is COc1cccc2cc(C(=O)N3CCN(c4nc5c(F)cc(F)cc5s4)CC3)oc12. The lowest BCUT2D eigenvalue weighted by Crippen LogP contribution is -2.48. The second-order valence-electron chi connectivity index (χ2n) is 7.00. The van der Waals surface area contributed by atoms with Crippen LogP contribution in [0.5, 0.6) is 5.75 Å². The molecule has 4 aromatic rings. The highest BCUT2D eigenvalue weighted by Gasteiger charge is 2.26. The Balaban J connectivity index is 1.32. The maximum absolute atomic E-state index is 13.9. The first-order valence-corrected chi connectivity index (χ1v) is 10.2. The van der Waals surface area contributed by atoms with Crippen molar-refractivity contribution in [2.24, 2.45) is 0 Å². The Bertz CT molecular complexity index is 1260. The lowest BCUT2D eigenvalue weighted by atomic mass is 10.2. The maximum Gasteiger partial charge on any atom is 0.289 e. The van der Waals surface area contributed by atoms with Crippen LogP contribution in [0.25, 0.3) is 21.2 Å². The molecule has 154 valence electrons. The van der Waals surface area contributed by atoms with Crippen molar-refractivity contribution >= 4 is 43.6 Å². The molecule has 0 unspecified atom stereocenters. The van der Waals surface area contributed by atoms with Gasteiger partial charge in [0.1, 0.15) is 11.3 Å². The summed E-state index contributed by atoms with van der Waals surface area (Å²) in [5.41, 5.74) is 0.719. The summed E-state index contributed by atoms with van der Waals surface area (Å²) in [5, 5.41) is 1.43. The highest BCUT2D eigenvalue weighted by atomic mass is 32.1. The summed E-state index contributed by atoms with van der Waals surface area (Å²) in [6.45, 7) is 2.03. The number of benzene rings is 2. The Morgan fingerprint density at radius 2 is 1.97 bits per heavy atom. The Morgan fingerprint density at radius 3 is 2.73 bits per heavy atom. The molecule has 3 heterocycles. The minimum atomic E-state index is -0.665. The number of hydrogen-bond acceptors (Lipinski definition) is 6. The topological polar surface area (TPSA) is 58.8 Å². The zero-order valence-corrected chi connectivity index (χ0v) is 16.8. The fourth-order valence-electron chi connectivity index (χ4n) is 3.64. The van der Waals surface area contributed by atoms with Crippen molar-refractivity contribution in [3.8, 4) is 5.75 Å². The van der Waals surface area contributed by atoms with Crippen LogP contribution in [0.4, 0.5) is 13.9 Å². The van der Waals surface area contributed by atoms with E-state index in [2.05, 4.69) is 4.98 Å². The number of nitrogens with zero attached hydrogens (tertiary/aromatic N) is 3. The summed E-state index contributed by atoms with van der Waals surface area (Å²) in [6, 6.07) is 9.34. The zero-order valence-electron chi connectivity index (χ0n) is 16.0. The fraction of sp³-hybridized carbons (Fsp3) is 0.238. The van der Waals surface area contributed by atoms with E-state index in [4.69, 9.17) is 9.15 Å². The summed E-state index contributed by atoms with van der Waals surface area (Å²) < 4.78 is 38.9. The normalized spacial score (nSPS) is 14.6. The molecule has 9 heteroatoms. The Kier molecular flexibility index (Phi) is 4.54. The molecule has 0 atom stereocenters. The highest BCUT2D eigenvalue weighted by Crippen LogP contribution is 2.32. The van der Waals surface area contributed by atoms with Gasteiger partial charge in [0, 0.05) is 37.6 Å². The van der Waals surface area contributed by atoms with Gasteiger partial charge >= 0.3 is 0 Å². The van der Waals surface area contributed by atoms with Gasteiger partial charge in [-0.3, -0.25) is 4.79 Å². The molecule has 30 heavy (non-hydrogen) atoms. The smallest absolute Gasteiger partial charge is 0.289 e. The van der Waals surface area contributed by atoms with Crippen LogP contribution >= 0.6 is 11.3 Å². The molecule has 0 bridgehead atoms. The summed E-state index contributed by atoms with van der Waals surface area (Å²) in [7, 11) is 1.56. The molecule has 5 rings (SSSR count). The number of hydrogen-bond donors (Lipinski definition) is 0. The van der Waals surface area contributed by atoms with Gasteiger partial charge in [0.05, 0.1) is 11.8 Å². The van der Waals surface area contributed by atoms with Crippen LogP contribution in [0.3, 0.4) is 0 Å². The van der Waals surface area contributed by atoms with E-state index in [1.165, 1.54) is 17.4 Å². The van der Waals surface area contributed by atoms with Gasteiger partial charge in [-0.2, -0.15) is 0 Å². The Morgan fingerprint density at radius 1 is 1.17 bits per heavy atom. The fourth-order valence-corrected chi connectivity index (χ4v) is 4.70. The number of para-hydroxylation sites is 1. The molecule has 1 amide bonds. The minimum absolute atomic E-state index is 0.172. The Labute approximate surface area is 174 Å². The summed E-state index contributed by atoms with van der Waals surface area (Å²) in [5.74, 6) is -0.628. The molecule has 6 nitrogen and oxygen atoms in total. The molecule has 0 saturated carbocycles. The van der Waals surface area contributed by atoms with Gasteiger partial charge in [-0.1, -0.05) is 23.5 Å². The van der Waals surface area contributed by atoms with E-state index in [1.807, 2.05) is 17.0 Å². The molecule has 1 fully saturated rings. The van der Waals surface area contributed by atoms with Gasteiger partial charge in [0.2, 0.25) is 0 Å². The van der Waals surface area contributed by atoms with Crippen LogP contribution in [-0.2, 0) is 0 Å². The van der Waals surface area contributed by atoms with Gasteiger partial charge in [0.25, 0.3) is 5.91 Å². The number of carbonyl (C=O) groups excluding carboxylic acids is 1. The average molecular weight is 429 g/mol. The third kappa shape index (κ3) is 3.15. The maximum atomic E-state index is 13.9. The first-order valence-electron chi connectivity index (χ1n) is 9.40. The van der Waals surface area contributed by atoms with Crippen LogP contribution in [0.15, 0.2) is 40.8 Å². The number of methoxy groups -OCH3 is 1. The predicted molar refractivity (Wildman–Crippen MR) is 110 cm³/mol. The van der Waals surface area contributed by atoms with Crippen LogP contribution in [0.1, 0.15) is 10.6 Å². The van der Waals surface area contributed by atoms with Crippen LogP contribution in [0, 0.1) is 11.6 Å². The predicted octanol–water partition coefficient (Wildman–Crippen LogP) is 4.29. The van der Waals surface area contributed by atoms with E-state index in [0.29, 0.717) is 47.3 Å². The number of piperazine rings is 1. The number of aromatic nitrogens is 1. The van der Waals surface area contributed by atoms with Crippen LogP contribution in [-0.4, -0.2) is 49.1 Å². The van der Waals surface area contributed by atoms with E-state index >= 15 is 0 Å². The average Bonchev–Trinajstić information content (AvgIpc) is 3.37. The number of carbonyl (C=O) groups is 1. The Hall–Kier alpha value is -3.20. The van der Waals surface area contributed by atoms with Crippen molar-refractivity contribution in [1.82, 2.24) is 9.88 Å². The third-order valence-electron chi connectivity index (χ3n) is 5.18. The minimum Gasteiger partial charge on any atom is -0.493 e. The lowest BCUT2D eigenvalue weighted by molar-refractivity contribution is 0.0717. The third-order valence-corrected chi connectivity index (χ3v) is 6.24. The molecule has 1 saturated heterocycles. The zero-order chi connectivity index (χ0) is 20.8. The highest BCUT2D eigenvalue weighted by molar-refractivity contribution is 7.22. The molecule has 0 radical (unpaired) electrons. The summed E-state index contributed by atoms with van der Waals surface area (Å²) in [4.78, 5) is 20.9. The first-order chi connectivity index (χ1) is 14.5. The molecule has 2 aromatic heterocycles. The second-order valence-corrected chi connectivity index (χ2v) is 8.01. The number of anilines is 1. The first kappa shape index (κ1) is 18.8. The second kappa shape index (κ2) is 7.24. The van der Waals surface area contributed by atoms with E-state index in [9.17, 15) is 13.6 Å². The van der Waals surface area contributed by atoms with Crippen molar-refractivity contribution < 1.29 is 22.7 Å². The molecule has 1 aliphatic heterocycles. The van der Waals surface area contributed by atoms with Crippen molar-refractivity contribution in [1.29, 1.82) is 0 Å². The largest absolute Gasteiger partial charge is 0.493 e. The standard InChI is InChI=1S/C21H17F2N3O3S/c1-28-15-4-2-3-12-9-16(29-19(12)15)20(27)25-5-7-26(8-6-25)21-24-18-14(23)10-13(22)11-17(18)30-21/h2-4,9-11H,5-8H2,1H3. The molecule has 1 aliphatic rings. The number of thiazole rings is 1. The lowest BCUT2D eigenvalue weighted by Gasteiger charge is -2.34.